The molecule has 1 N–H and O–H groups in total. The highest BCUT2D eigenvalue weighted by Gasteiger charge is 2.10. The molecule has 17 heavy (non-hydrogen) atoms. The number of rotatable bonds is 4. The zero-order valence-electron chi connectivity index (χ0n) is 10.7. The molecular weight excluding hydrogens is 210 g/mol. The number of para-hydroxylation sites is 1. The van der Waals surface area contributed by atoms with E-state index in [9.17, 15) is 0 Å². The maximum Gasteiger partial charge on any atom is 0.126 e. The lowest BCUT2D eigenvalue weighted by Gasteiger charge is -2.15. The van der Waals surface area contributed by atoms with Gasteiger partial charge in [-0.1, -0.05) is 25.1 Å². The lowest BCUT2D eigenvalue weighted by atomic mass is 10.1. The molecule has 1 aromatic carbocycles. The topological polar surface area (TPSA) is 25.2 Å². The summed E-state index contributed by atoms with van der Waals surface area (Å²) in [6, 6.07) is 12.6. The van der Waals surface area contributed by atoms with Crippen molar-refractivity contribution in [2.45, 2.75) is 33.2 Å². The molecule has 0 amide bonds. The van der Waals surface area contributed by atoms with Crippen molar-refractivity contribution in [2.24, 2.45) is 0 Å². The first-order chi connectivity index (χ1) is 8.20. The fraction of sp³-hybridized carbons (Fsp3) is 0.333. The Morgan fingerprint density at radius 3 is 2.59 bits per heavy atom. The van der Waals surface area contributed by atoms with E-state index in [1.807, 2.05) is 19.1 Å². The van der Waals surface area contributed by atoms with Gasteiger partial charge in [0.15, 0.2) is 0 Å². The van der Waals surface area contributed by atoms with E-state index in [1.165, 1.54) is 11.3 Å². The number of aryl methyl sites for hydroxylation is 2. The third kappa shape index (κ3) is 2.70. The van der Waals surface area contributed by atoms with Crippen molar-refractivity contribution in [2.75, 3.05) is 5.32 Å². The van der Waals surface area contributed by atoms with Gasteiger partial charge in [0.25, 0.3) is 0 Å². The van der Waals surface area contributed by atoms with E-state index in [0.717, 1.165) is 17.9 Å². The van der Waals surface area contributed by atoms with Gasteiger partial charge >= 0.3 is 0 Å². The molecule has 1 unspecified atom stereocenters. The lowest BCUT2D eigenvalue weighted by Crippen LogP contribution is -2.07. The molecule has 0 spiro atoms. The van der Waals surface area contributed by atoms with E-state index in [-0.39, 0.29) is 6.04 Å². The Morgan fingerprint density at radius 1 is 1.18 bits per heavy atom. The molecular formula is C15H19NO. The Kier molecular flexibility index (Phi) is 3.52. The molecule has 90 valence electrons. The maximum atomic E-state index is 5.63. The summed E-state index contributed by atoms with van der Waals surface area (Å²) in [5.41, 5.74) is 2.53. The monoisotopic (exact) mass is 229 g/mol. The molecule has 0 bridgehead atoms. The lowest BCUT2D eigenvalue weighted by molar-refractivity contribution is 0.467. The second-order valence-corrected chi connectivity index (χ2v) is 4.33. The summed E-state index contributed by atoms with van der Waals surface area (Å²) in [4.78, 5) is 0. The predicted octanol–water partition coefficient (Wildman–Crippen LogP) is 4.32. The third-order valence-corrected chi connectivity index (χ3v) is 2.96. The molecule has 0 aliphatic carbocycles. The van der Waals surface area contributed by atoms with Gasteiger partial charge in [-0.2, -0.15) is 0 Å². The molecule has 0 aliphatic rings. The molecule has 1 heterocycles. The normalized spacial score (nSPS) is 12.4. The highest BCUT2D eigenvalue weighted by molar-refractivity contribution is 5.52. The van der Waals surface area contributed by atoms with Crippen LogP contribution in [0, 0.1) is 6.92 Å². The summed E-state index contributed by atoms with van der Waals surface area (Å²) in [6.07, 6.45) is 1.03. The molecule has 0 radical (unpaired) electrons. The number of benzene rings is 1. The number of furan rings is 1. The minimum atomic E-state index is 0.191. The number of nitrogens with one attached hydrogen (secondary N) is 1. The number of hydrogen-bond acceptors (Lipinski definition) is 2. The first kappa shape index (κ1) is 11.8. The van der Waals surface area contributed by atoms with Crippen LogP contribution in [0.3, 0.4) is 0 Å². The third-order valence-electron chi connectivity index (χ3n) is 2.96. The van der Waals surface area contributed by atoms with Crippen molar-refractivity contribution in [1.82, 2.24) is 0 Å². The highest BCUT2D eigenvalue weighted by Crippen LogP contribution is 2.23. The van der Waals surface area contributed by atoms with Crippen LogP contribution in [-0.4, -0.2) is 0 Å². The summed E-state index contributed by atoms with van der Waals surface area (Å²) in [5.74, 6) is 1.94. The fourth-order valence-electron chi connectivity index (χ4n) is 1.96. The molecule has 0 saturated heterocycles. The van der Waals surface area contributed by atoms with Crippen molar-refractivity contribution >= 4 is 5.69 Å². The van der Waals surface area contributed by atoms with Crippen molar-refractivity contribution in [1.29, 1.82) is 0 Å². The summed E-state index contributed by atoms with van der Waals surface area (Å²) in [7, 11) is 0. The van der Waals surface area contributed by atoms with Gasteiger partial charge in [-0.05, 0) is 44.0 Å². The van der Waals surface area contributed by atoms with Gasteiger partial charge in [-0.25, -0.2) is 0 Å². The summed E-state index contributed by atoms with van der Waals surface area (Å²) < 4.78 is 5.63. The Balaban J connectivity index is 2.15. The van der Waals surface area contributed by atoms with E-state index < -0.39 is 0 Å². The van der Waals surface area contributed by atoms with E-state index in [4.69, 9.17) is 4.42 Å². The van der Waals surface area contributed by atoms with E-state index in [1.54, 1.807) is 0 Å². The van der Waals surface area contributed by atoms with Crippen LogP contribution in [0.25, 0.3) is 0 Å². The van der Waals surface area contributed by atoms with Crippen molar-refractivity contribution in [3.63, 3.8) is 0 Å². The first-order valence-corrected chi connectivity index (χ1v) is 6.11. The molecule has 1 atom stereocenters. The Bertz CT molecular complexity index is 487. The van der Waals surface area contributed by atoms with Gasteiger partial charge in [-0.15, -0.1) is 0 Å². The van der Waals surface area contributed by atoms with Crippen molar-refractivity contribution in [3.8, 4) is 0 Å². The second-order valence-electron chi connectivity index (χ2n) is 4.33. The van der Waals surface area contributed by atoms with Crippen molar-refractivity contribution < 1.29 is 4.42 Å². The van der Waals surface area contributed by atoms with E-state index in [2.05, 4.69) is 43.4 Å². The minimum Gasteiger partial charge on any atom is -0.464 e. The molecule has 0 aliphatic heterocycles. The van der Waals surface area contributed by atoms with Gasteiger partial charge in [0, 0.05) is 5.69 Å². The first-order valence-electron chi connectivity index (χ1n) is 6.11. The molecule has 0 saturated carbocycles. The SMILES string of the molecule is CCc1ccccc1NC(C)c1ccc(C)o1. The van der Waals surface area contributed by atoms with Crippen LogP contribution in [0.5, 0.6) is 0 Å². The summed E-state index contributed by atoms with van der Waals surface area (Å²) >= 11 is 0. The van der Waals surface area contributed by atoms with E-state index in [0.29, 0.717) is 0 Å². The van der Waals surface area contributed by atoms with Crippen LogP contribution in [0.1, 0.15) is 37.0 Å². The standard InChI is InChI=1S/C15H19NO/c1-4-13-7-5-6-8-14(13)16-12(3)15-10-9-11(2)17-15/h5-10,12,16H,4H2,1-3H3. The number of hydrogen-bond donors (Lipinski definition) is 1. The largest absolute Gasteiger partial charge is 0.464 e. The minimum absolute atomic E-state index is 0.191. The molecule has 2 aromatic rings. The second kappa shape index (κ2) is 5.09. The van der Waals surface area contributed by atoms with Crippen molar-refractivity contribution in [3.05, 3.63) is 53.5 Å². The average molecular weight is 229 g/mol. The van der Waals surface area contributed by atoms with Crippen LogP contribution < -0.4 is 5.32 Å². The molecule has 1 aromatic heterocycles. The van der Waals surface area contributed by atoms with Crippen LogP contribution in [-0.2, 0) is 6.42 Å². The maximum absolute atomic E-state index is 5.63. The van der Waals surface area contributed by atoms with Crippen LogP contribution in [0.4, 0.5) is 5.69 Å². The quantitative estimate of drug-likeness (QED) is 0.844. The highest BCUT2D eigenvalue weighted by atomic mass is 16.3. The van der Waals surface area contributed by atoms with Gasteiger partial charge in [0.05, 0.1) is 6.04 Å². The number of anilines is 1. The zero-order valence-corrected chi connectivity index (χ0v) is 10.7. The Labute approximate surface area is 103 Å². The molecule has 2 heteroatoms. The summed E-state index contributed by atoms with van der Waals surface area (Å²) in [5, 5.41) is 3.50. The van der Waals surface area contributed by atoms with Crippen LogP contribution in [0.2, 0.25) is 0 Å². The van der Waals surface area contributed by atoms with Gasteiger partial charge < -0.3 is 9.73 Å². The molecule has 0 fully saturated rings. The van der Waals surface area contributed by atoms with Gasteiger partial charge in [0.2, 0.25) is 0 Å². The predicted molar refractivity (Wildman–Crippen MR) is 71.3 cm³/mol. The Morgan fingerprint density at radius 2 is 1.94 bits per heavy atom. The van der Waals surface area contributed by atoms with Gasteiger partial charge in [-0.3, -0.25) is 0 Å². The molecule has 2 nitrogen and oxygen atoms in total. The van der Waals surface area contributed by atoms with Gasteiger partial charge in [0.1, 0.15) is 11.5 Å². The molecule has 2 rings (SSSR count). The smallest absolute Gasteiger partial charge is 0.126 e. The average Bonchev–Trinajstić information content (AvgIpc) is 2.77. The van der Waals surface area contributed by atoms with Crippen LogP contribution >= 0.6 is 0 Å². The zero-order chi connectivity index (χ0) is 12.3. The van der Waals surface area contributed by atoms with E-state index >= 15 is 0 Å². The Hall–Kier alpha value is -1.70. The summed E-state index contributed by atoms with van der Waals surface area (Å²) in [6.45, 7) is 6.25. The fourth-order valence-corrected chi connectivity index (χ4v) is 1.96. The van der Waals surface area contributed by atoms with Crippen LogP contribution in [0.15, 0.2) is 40.8 Å².